The quantitative estimate of drug-likeness (QED) is 0.377. The number of fused-ring (bicyclic) bond motifs is 1. The molecule has 150 valence electrons. The number of hydrogen-bond donors (Lipinski definition) is 1. The fourth-order valence-electron chi connectivity index (χ4n) is 3.44. The molecule has 1 saturated carbocycles. The van der Waals surface area contributed by atoms with Crippen molar-refractivity contribution in [1.29, 1.82) is 0 Å². The Hall–Kier alpha value is -2.94. The summed E-state index contributed by atoms with van der Waals surface area (Å²) >= 11 is 0. The van der Waals surface area contributed by atoms with Gasteiger partial charge >= 0.3 is 0 Å². The molecule has 1 aromatic carbocycles. The molecule has 1 aromatic heterocycles. The number of aromatic nitrogens is 1. The van der Waals surface area contributed by atoms with Crippen molar-refractivity contribution in [3.8, 4) is 0 Å². The van der Waals surface area contributed by atoms with Gasteiger partial charge in [0, 0.05) is 17.3 Å². The number of pyridine rings is 1. The molecule has 1 N–H and O–H groups in total. The molecular weight excluding hydrogens is 354 g/mol. The number of rotatable bonds is 8. The standard InChI is InChI=1S/C26H31N3/c1-6-10-21(7-2)19(4)17-27-25-16-23-11-8-9-12-24(23)26(29-25)28-20(5)15-18(3)22-13-14-22/h6,8-12,15-17,22H,5,7,13-14H2,1-4H3,(H,28,29)/b10-6-,18-15+,21-19-,27-17-. The van der Waals surface area contributed by atoms with Gasteiger partial charge in [-0.25, -0.2) is 9.98 Å². The maximum Gasteiger partial charge on any atom is 0.154 e. The van der Waals surface area contributed by atoms with E-state index in [9.17, 15) is 0 Å². The monoisotopic (exact) mass is 385 g/mol. The van der Waals surface area contributed by atoms with E-state index in [1.807, 2.05) is 31.3 Å². The minimum absolute atomic E-state index is 0.692. The van der Waals surface area contributed by atoms with Gasteiger partial charge in [-0.1, -0.05) is 55.5 Å². The highest BCUT2D eigenvalue weighted by molar-refractivity contribution is 5.94. The molecule has 0 amide bonds. The highest BCUT2D eigenvalue weighted by atomic mass is 15.0. The second-order valence-electron chi connectivity index (χ2n) is 7.68. The lowest BCUT2D eigenvalue weighted by Crippen LogP contribution is -2.00. The van der Waals surface area contributed by atoms with Crippen LogP contribution >= 0.6 is 0 Å². The molecule has 1 aliphatic rings. The molecule has 1 heterocycles. The van der Waals surface area contributed by atoms with E-state index in [1.54, 1.807) is 0 Å². The largest absolute Gasteiger partial charge is 0.340 e. The molecule has 3 heteroatoms. The number of anilines is 1. The molecular formula is C26H31N3. The maximum atomic E-state index is 4.77. The number of hydrogen-bond acceptors (Lipinski definition) is 3. The van der Waals surface area contributed by atoms with Crippen LogP contribution < -0.4 is 5.32 Å². The summed E-state index contributed by atoms with van der Waals surface area (Å²) in [5.74, 6) is 2.22. The molecule has 0 aliphatic heterocycles. The predicted molar refractivity (Wildman–Crippen MR) is 127 cm³/mol. The number of allylic oxidation sites excluding steroid dienone is 6. The third-order valence-electron chi connectivity index (χ3n) is 5.27. The minimum atomic E-state index is 0.692. The van der Waals surface area contributed by atoms with E-state index in [1.165, 1.54) is 24.0 Å². The molecule has 0 saturated heterocycles. The molecule has 29 heavy (non-hydrogen) atoms. The smallest absolute Gasteiger partial charge is 0.154 e. The van der Waals surface area contributed by atoms with Crippen molar-refractivity contribution in [1.82, 2.24) is 4.98 Å². The Bertz CT molecular complexity index is 1020. The summed E-state index contributed by atoms with van der Waals surface area (Å²) in [6, 6.07) is 10.3. The van der Waals surface area contributed by atoms with Crippen molar-refractivity contribution >= 4 is 28.6 Å². The van der Waals surface area contributed by atoms with Gasteiger partial charge in [0.1, 0.15) is 5.82 Å². The topological polar surface area (TPSA) is 37.3 Å². The summed E-state index contributed by atoms with van der Waals surface area (Å²) in [6.45, 7) is 12.7. The number of benzene rings is 1. The summed E-state index contributed by atoms with van der Waals surface area (Å²) in [7, 11) is 0. The lowest BCUT2D eigenvalue weighted by molar-refractivity contribution is 1.00. The van der Waals surface area contributed by atoms with Crippen molar-refractivity contribution in [2.45, 2.75) is 47.0 Å². The molecule has 3 nitrogen and oxygen atoms in total. The zero-order chi connectivity index (χ0) is 20.8. The van der Waals surface area contributed by atoms with Crippen LogP contribution in [-0.4, -0.2) is 11.2 Å². The van der Waals surface area contributed by atoms with Gasteiger partial charge in [-0.2, -0.15) is 0 Å². The van der Waals surface area contributed by atoms with Crippen molar-refractivity contribution in [2.75, 3.05) is 5.32 Å². The van der Waals surface area contributed by atoms with Crippen LogP contribution in [0.2, 0.25) is 0 Å². The third kappa shape index (κ3) is 5.54. The van der Waals surface area contributed by atoms with Gasteiger partial charge in [0.2, 0.25) is 0 Å². The average Bonchev–Trinajstić information content (AvgIpc) is 3.55. The van der Waals surface area contributed by atoms with Crippen LogP contribution in [0.5, 0.6) is 0 Å². The van der Waals surface area contributed by atoms with Gasteiger partial charge in [0.25, 0.3) is 0 Å². The van der Waals surface area contributed by atoms with Crippen LogP contribution in [0.3, 0.4) is 0 Å². The average molecular weight is 386 g/mol. The summed E-state index contributed by atoms with van der Waals surface area (Å²) in [5.41, 5.74) is 4.69. The second kappa shape index (κ2) is 9.51. The number of nitrogens with zero attached hydrogens (tertiary/aromatic N) is 2. The van der Waals surface area contributed by atoms with Crippen LogP contribution in [0.1, 0.15) is 47.0 Å². The molecule has 0 unspecified atom stereocenters. The first-order valence-electron chi connectivity index (χ1n) is 10.4. The Labute approximate surface area is 174 Å². The first kappa shape index (κ1) is 20.8. The van der Waals surface area contributed by atoms with E-state index in [4.69, 9.17) is 4.98 Å². The van der Waals surface area contributed by atoms with Gasteiger partial charge in [-0.3, -0.25) is 0 Å². The van der Waals surface area contributed by atoms with Crippen LogP contribution in [0.4, 0.5) is 11.6 Å². The summed E-state index contributed by atoms with van der Waals surface area (Å²) in [4.78, 5) is 9.43. The van der Waals surface area contributed by atoms with E-state index in [0.717, 1.165) is 40.2 Å². The Morgan fingerprint density at radius 2 is 2.03 bits per heavy atom. The highest BCUT2D eigenvalue weighted by Gasteiger charge is 2.22. The fraction of sp³-hybridized carbons (Fsp3) is 0.308. The van der Waals surface area contributed by atoms with Gasteiger partial charge < -0.3 is 5.32 Å². The van der Waals surface area contributed by atoms with Gasteiger partial charge in [-0.05, 0) is 74.6 Å². The molecule has 0 spiro atoms. The Morgan fingerprint density at radius 1 is 1.28 bits per heavy atom. The van der Waals surface area contributed by atoms with Gasteiger partial charge in [0.05, 0.1) is 0 Å². The molecule has 0 atom stereocenters. The second-order valence-corrected chi connectivity index (χ2v) is 7.68. The zero-order valence-electron chi connectivity index (χ0n) is 18.0. The first-order chi connectivity index (χ1) is 14.0. The third-order valence-corrected chi connectivity index (χ3v) is 5.27. The van der Waals surface area contributed by atoms with E-state index in [0.29, 0.717) is 5.82 Å². The number of nitrogens with one attached hydrogen (secondary N) is 1. The lowest BCUT2D eigenvalue weighted by atomic mass is 10.1. The Morgan fingerprint density at radius 3 is 2.72 bits per heavy atom. The van der Waals surface area contributed by atoms with Crippen molar-refractivity contribution < 1.29 is 0 Å². The lowest BCUT2D eigenvalue weighted by Gasteiger charge is -2.11. The summed E-state index contributed by atoms with van der Waals surface area (Å²) < 4.78 is 0. The van der Waals surface area contributed by atoms with Crippen molar-refractivity contribution in [2.24, 2.45) is 10.9 Å². The van der Waals surface area contributed by atoms with Gasteiger partial charge in [0.15, 0.2) is 5.82 Å². The minimum Gasteiger partial charge on any atom is -0.340 e. The Kier molecular flexibility index (Phi) is 6.82. The maximum absolute atomic E-state index is 4.77. The summed E-state index contributed by atoms with van der Waals surface area (Å²) in [5, 5.41) is 5.58. The SMILES string of the molecule is C=C(/C=C(\C)C1CC1)Nc1nc(\N=C/C(C)=C(\C=C/C)CC)cc2ccccc12. The van der Waals surface area contributed by atoms with Crippen molar-refractivity contribution in [3.63, 3.8) is 0 Å². The molecule has 0 bridgehead atoms. The molecule has 3 rings (SSSR count). The number of aliphatic imine (C=N–C) groups is 1. The van der Waals surface area contributed by atoms with Crippen LogP contribution in [0, 0.1) is 5.92 Å². The summed E-state index contributed by atoms with van der Waals surface area (Å²) in [6.07, 6.45) is 11.8. The van der Waals surface area contributed by atoms with Crippen molar-refractivity contribution in [3.05, 3.63) is 77.6 Å². The zero-order valence-corrected chi connectivity index (χ0v) is 18.0. The van der Waals surface area contributed by atoms with E-state index in [-0.39, 0.29) is 0 Å². The van der Waals surface area contributed by atoms with Crippen LogP contribution in [0.15, 0.2) is 82.5 Å². The van der Waals surface area contributed by atoms with Crippen LogP contribution in [-0.2, 0) is 0 Å². The van der Waals surface area contributed by atoms with E-state index in [2.05, 4.69) is 68.0 Å². The predicted octanol–water partition coefficient (Wildman–Crippen LogP) is 7.52. The fourth-order valence-corrected chi connectivity index (χ4v) is 3.44. The Balaban J connectivity index is 1.92. The first-order valence-corrected chi connectivity index (χ1v) is 10.4. The van der Waals surface area contributed by atoms with Gasteiger partial charge in [-0.15, -0.1) is 0 Å². The van der Waals surface area contributed by atoms with E-state index >= 15 is 0 Å². The van der Waals surface area contributed by atoms with E-state index < -0.39 is 0 Å². The molecule has 1 aliphatic carbocycles. The molecule has 1 fully saturated rings. The highest BCUT2D eigenvalue weighted by Crippen LogP contribution is 2.36. The molecule has 2 aromatic rings. The molecule has 0 radical (unpaired) electrons. The normalized spacial score (nSPS) is 15.9. The van der Waals surface area contributed by atoms with Crippen LogP contribution in [0.25, 0.3) is 10.8 Å².